The first-order valence-electron chi connectivity index (χ1n) is 6.62. The topological polar surface area (TPSA) is 18.5 Å². The Kier molecular flexibility index (Phi) is 6.55. The minimum atomic E-state index is 0.208. The van der Waals surface area contributed by atoms with Gasteiger partial charge in [-0.15, -0.1) is 0 Å². The number of ether oxygens (including phenoxy) is 2. The molecule has 0 amide bonds. The summed E-state index contributed by atoms with van der Waals surface area (Å²) in [6, 6.07) is 7.86. The molecule has 0 fully saturated rings. The second-order valence-corrected chi connectivity index (χ2v) is 5.07. The third-order valence-electron chi connectivity index (χ3n) is 3.47. The molecule has 3 heteroatoms. The molecule has 0 atom stereocenters. The van der Waals surface area contributed by atoms with Crippen LogP contribution in [0.3, 0.4) is 0 Å². The van der Waals surface area contributed by atoms with Gasteiger partial charge >= 0.3 is 0 Å². The van der Waals surface area contributed by atoms with Crippen molar-refractivity contribution in [3.8, 4) is 11.5 Å². The molecule has 0 N–H and O–H groups in total. The molecule has 0 heterocycles. The quantitative estimate of drug-likeness (QED) is 0.649. The van der Waals surface area contributed by atoms with Gasteiger partial charge in [0, 0.05) is 10.7 Å². The summed E-state index contributed by atoms with van der Waals surface area (Å²) in [6.07, 6.45) is 2.21. The molecular weight excluding hydrogens is 292 g/mol. The zero-order valence-electron chi connectivity index (χ0n) is 11.5. The number of halogens is 1. The summed E-state index contributed by atoms with van der Waals surface area (Å²) >= 11 is 3.60. The summed E-state index contributed by atoms with van der Waals surface area (Å²) in [6.45, 7) is 7.78. The lowest BCUT2D eigenvalue weighted by molar-refractivity contribution is 0.152. The average Bonchev–Trinajstić information content (AvgIpc) is 2.43. The second-order valence-electron chi connectivity index (χ2n) is 4.51. The zero-order valence-corrected chi connectivity index (χ0v) is 13.1. The summed E-state index contributed by atoms with van der Waals surface area (Å²) in [5.41, 5.74) is 0.208. The van der Waals surface area contributed by atoms with Crippen LogP contribution in [0.25, 0.3) is 0 Å². The summed E-state index contributed by atoms with van der Waals surface area (Å²) in [5, 5.41) is 0.962. The number of alkyl halides is 1. The van der Waals surface area contributed by atoms with E-state index in [2.05, 4.69) is 29.8 Å². The summed E-state index contributed by atoms with van der Waals surface area (Å²) in [7, 11) is 0. The smallest absolute Gasteiger partial charge is 0.161 e. The van der Waals surface area contributed by atoms with Crippen LogP contribution < -0.4 is 9.47 Å². The van der Waals surface area contributed by atoms with Crippen molar-refractivity contribution in [3.63, 3.8) is 0 Å². The first kappa shape index (κ1) is 15.4. The number of hydrogen-bond acceptors (Lipinski definition) is 2. The first-order valence-corrected chi connectivity index (χ1v) is 7.74. The van der Waals surface area contributed by atoms with Gasteiger partial charge in [-0.2, -0.15) is 0 Å². The number of para-hydroxylation sites is 2. The molecule has 0 bridgehead atoms. The van der Waals surface area contributed by atoms with Crippen LogP contribution in [0.5, 0.6) is 11.5 Å². The average molecular weight is 315 g/mol. The molecule has 0 saturated carbocycles. The fourth-order valence-corrected chi connectivity index (χ4v) is 2.71. The van der Waals surface area contributed by atoms with E-state index in [4.69, 9.17) is 9.47 Å². The SMILES string of the molecule is CCOc1ccccc1OCC(CC)(CC)CBr. The third-order valence-corrected chi connectivity index (χ3v) is 4.66. The molecule has 2 nitrogen and oxygen atoms in total. The molecule has 102 valence electrons. The Hall–Kier alpha value is -0.700. The molecule has 1 aromatic rings. The van der Waals surface area contributed by atoms with Gasteiger partial charge in [0.2, 0.25) is 0 Å². The Morgan fingerprint density at radius 1 is 1.00 bits per heavy atom. The van der Waals surface area contributed by atoms with Crippen LogP contribution in [0.2, 0.25) is 0 Å². The molecule has 1 aromatic carbocycles. The van der Waals surface area contributed by atoms with Crippen molar-refractivity contribution >= 4 is 15.9 Å². The van der Waals surface area contributed by atoms with E-state index >= 15 is 0 Å². The minimum Gasteiger partial charge on any atom is -0.490 e. The molecule has 18 heavy (non-hydrogen) atoms. The standard InChI is InChI=1S/C15H23BrO2/c1-4-15(5-2,11-16)12-18-14-10-8-7-9-13(14)17-6-3/h7-10H,4-6,11-12H2,1-3H3. The third kappa shape index (κ3) is 3.91. The van der Waals surface area contributed by atoms with E-state index < -0.39 is 0 Å². The summed E-state index contributed by atoms with van der Waals surface area (Å²) in [5.74, 6) is 1.67. The Morgan fingerprint density at radius 3 is 2.00 bits per heavy atom. The second kappa shape index (κ2) is 7.67. The van der Waals surface area contributed by atoms with Crippen molar-refractivity contribution in [2.75, 3.05) is 18.5 Å². The Labute approximate surface area is 119 Å². The zero-order chi connectivity index (χ0) is 13.4. The van der Waals surface area contributed by atoms with Crippen LogP contribution >= 0.6 is 15.9 Å². The lowest BCUT2D eigenvalue weighted by Crippen LogP contribution is -2.29. The van der Waals surface area contributed by atoms with E-state index in [1.165, 1.54) is 0 Å². The normalized spacial score (nSPS) is 11.3. The first-order chi connectivity index (χ1) is 8.71. The lowest BCUT2D eigenvalue weighted by Gasteiger charge is -2.29. The molecular formula is C15H23BrO2. The van der Waals surface area contributed by atoms with Crippen molar-refractivity contribution in [2.24, 2.45) is 5.41 Å². The van der Waals surface area contributed by atoms with Gasteiger partial charge in [-0.25, -0.2) is 0 Å². The van der Waals surface area contributed by atoms with Crippen LogP contribution in [-0.4, -0.2) is 18.5 Å². The highest BCUT2D eigenvalue weighted by Crippen LogP contribution is 2.32. The Balaban J connectivity index is 2.72. The maximum atomic E-state index is 5.97. The largest absolute Gasteiger partial charge is 0.490 e. The number of hydrogen-bond donors (Lipinski definition) is 0. The maximum absolute atomic E-state index is 5.97. The van der Waals surface area contributed by atoms with Gasteiger partial charge in [0.15, 0.2) is 11.5 Å². The van der Waals surface area contributed by atoms with Gasteiger partial charge in [0.05, 0.1) is 13.2 Å². The lowest BCUT2D eigenvalue weighted by atomic mass is 9.86. The van der Waals surface area contributed by atoms with E-state index in [9.17, 15) is 0 Å². The molecule has 0 saturated heterocycles. The van der Waals surface area contributed by atoms with Gasteiger partial charge in [0.25, 0.3) is 0 Å². The van der Waals surface area contributed by atoms with Crippen molar-refractivity contribution in [1.29, 1.82) is 0 Å². The van der Waals surface area contributed by atoms with E-state index in [1.54, 1.807) is 0 Å². The van der Waals surface area contributed by atoms with E-state index in [0.717, 1.165) is 36.3 Å². The van der Waals surface area contributed by atoms with Crippen molar-refractivity contribution in [3.05, 3.63) is 24.3 Å². The highest BCUT2D eigenvalue weighted by atomic mass is 79.9. The van der Waals surface area contributed by atoms with Crippen LogP contribution in [0.4, 0.5) is 0 Å². The number of rotatable bonds is 8. The van der Waals surface area contributed by atoms with Crippen molar-refractivity contribution < 1.29 is 9.47 Å². The fraction of sp³-hybridized carbons (Fsp3) is 0.600. The maximum Gasteiger partial charge on any atom is 0.161 e. The van der Waals surface area contributed by atoms with Crippen LogP contribution in [0.1, 0.15) is 33.6 Å². The van der Waals surface area contributed by atoms with Gasteiger partial charge in [-0.05, 0) is 31.9 Å². The van der Waals surface area contributed by atoms with E-state index in [1.807, 2.05) is 31.2 Å². The highest BCUT2D eigenvalue weighted by Gasteiger charge is 2.26. The minimum absolute atomic E-state index is 0.208. The molecule has 0 aromatic heterocycles. The predicted molar refractivity (Wildman–Crippen MR) is 79.9 cm³/mol. The molecule has 1 rings (SSSR count). The Bertz CT molecular complexity index is 340. The van der Waals surface area contributed by atoms with Gasteiger partial charge in [-0.1, -0.05) is 41.9 Å². The molecule has 0 aliphatic rings. The molecule has 0 radical (unpaired) electrons. The molecule has 0 aliphatic carbocycles. The van der Waals surface area contributed by atoms with Crippen LogP contribution in [0.15, 0.2) is 24.3 Å². The molecule has 0 unspecified atom stereocenters. The van der Waals surface area contributed by atoms with Gasteiger partial charge < -0.3 is 9.47 Å². The summed E-state index contributed by atoms with van der Waals surface area (Å²) in [4.78, 5) is 0. The van der Waals surface area contributed by atoms with Crippen LogP contribution in [0, 0.1) is 5.41 Å². The monoisotopic (exact) mass is 314 g/mol. The highest BCUT2D eigenvalue weighted by molar-refractivity contribution is 9.09. The molecule has 0 spiro atoms. The Morgan fingerprint density at radius 2 is 1.56 bits per heavy atom. The predicted octanol–water partition coefficient (Wildman–Crippen LogP) is 4.67. The molecule has 0 aliphatic heterocycles. The van der Waals surface area contributed by atoms with E-state index in [0.29, 0.717) is 6.61 Å². The van der Waals surface area contributed by atoms with Crippen LogP contribution in [-0.2, 0) is 0 Å². The fourth-order valence-electron chi connectivity index (χ4n) is 1.76. The van der Waals surface area contributed by atoms with Crippen molar-refractivity contribution in [1.82, 2.24) is 0 Å². The van der Waals surface area contributed by atoms with Gasteiger partial charge in [-0.3, -0.25) is 0 Å². The van der Waals surface area contributed by atoms with Crippen molar-refractivity contribution in [2.45, 2.75) is 33.6 Å². The number of benzene rings is 1. The van der Waals surface area contributed by atoms with Gasteiger partial charge in [0.1, 0.15) is 0 Å². The van der Waals surface area contributed by atoms with E-state index in [-0.39, 0.29) is 5.41 Å². The summed E-state index contributed by atoms with van der Waals surface area (Å²) < 4.78 is 11.5.